The number of hydrogen-bond acceptors (Lipinski definition) is 3. The predicted molar refractivity (Wildman–Crippen MR) is 123 cm³/mol. The molecule has 1 aromatic carbocycles. The Bertz CT molecular complexity index is 1220. The molecule has 4 aromatic rings. The molecular weight excluding hydrogens is 392 g/mol. The van der Waals surface area contributed by atoms with E-state index in [1.54, 1.807) is 5.56 Å². The van der Waals surface area contributed by atoms with E-state index in [1.165, 1.54) is 48.9 Å². The van der Waals surface area contributed by atoms with Crippen molar-refractivity contribution >= 4 is 33.7 Å². The van der Waals surface area contributed by atoms with Crippen molar-refractivity contribution in [3.63, 3.8) is 0 Å². The Morgan fingerprint density at radius 3 is 2.73 bits per heavy atom. The van der Waals surface area contributed by atoms with Crippen LogP contribution in [0.2, 0.25) is 5.02 Å². The van der Waals surface area contributed by atoms with Crippen molar-refractivity contribution in [1.29, 1.82) is 0 Å². The van der Waals surface area contributed by atoms with Gasteiger partial charge in [-0.15, -0.1) is 0 Å². The lowest BCUT2D eigenvalue weighted by Gasteiger charge is -2.34. The van der Waals surface area contributed by atoms with Crippen LogP contribution in [-0.2, 0) is 6.42 Å². The van der Waals surface area contributed by atoms with Gasteiger partial charge in [0, 0.05) is 36.6 Å². The van der Waals surface area contributed by atoms with Crippen LogP contribution in [0.5, 0.6) is 0 Å². The van der Waals surface area contributed by atoms with Crippen LogP contribution in [0.3, 0.4) is 0 Å². The molecule has 6 rings (SSSR count). The van der Waals surface area contributed by atoms with E-state index in [2.05, 4.69) is 43.7 Å². The largest absolute Gasteiger partial charge is 0.371 e. The number of piperidine rings is 1. The standard InChI is InChI=1S/C25H25ClN4/c26-22-5-6-23(20-2-1-10-28-25(20)22)29-11-7-17(8-12-29)14-21-19(18-3-4-18)9-13-30-16-27-15-24(21)30/h1-2,5-6,9-10,13,15-18H,3-4,7-8,11-12,14H2. The maximum absolute atomic E-state index is 6.38. The van der Waals surface area contributed by atoms with Crippen LogP contribution in [0, 0.1) is 5.92 Å². The van der Waals surface area contributed by atoms with E-state index in [1.807, 2.05) is 30.9 Å². The molecule has 2 fully saturated rings. The molecule has 0 atom stereocenters. The van der Waals surface area contributed by atoms with Crippen molar-refractivity contribution in [3.05, 3.63) is 71.4 Å². The lowest BCUT2D eigenvalue weighted by Crippen LogP contribution is -2.34. The first-order chi connectivity index (χ1) is 14.8. The summed E-state index contributed by atoms with van der Waals surface area (Å²) in [7, 11) is 0. The van der Waals surface area contributed by atoms with Gasteiger partial charge >= 0.3 is 0 Å². The molecule has 1 saturated carbocycles. The Balaban J connectivity index is 1.23. The van der Waals surface area contributed by atoms with Crippen LogP contribution >= 0.6 is 11.6 Å². The molecule has 0 radical (unpaired) electrons. The Labute approximate surface area is 181 Å². The summed E-state index contributed by atoms with van der Waals surface area (Å²) in [5.41, 5.74) is 6.58. The summed E-state index contributed by atoms with van der Waals surface area (Å²) in [6.07, 6.45) is 14.2. The van der Waals surface area contributed by atoms with Gasteiger partial charge in [-0.3, -0.25) is 4.98 Å². The van der Waals surface area contributed by atoms with Gasteiger partial charge in [0.15, 0.2) is 0 Å². The lowest BCUT2D eigenvalue weighted by atomic mass is 9.87. The van der Waals surface area contributed by atoms with Gasteiger partial charge in [0.2, 0.25) is 0 Å². The molecule has 0 unspecified atom stereocenters. The fraction of sp³-hybridized carbons (Fsp3) is 0.360. The second kappa shape index (κ2) is 7.28. The SMILES string of the molecule is Clc1ccc(N2CCC(Cc3c(C4CC4)ccn4cncc34)CC2)c2cccnc12. The lowest BCUT2D eigenvalue weighted by molar-refractivity contribution is 0.404. The Kier molecular flexibility index (Phi) is 4.41. The zero-order valence-corrected chi connectivity index (χ0v) is 17.7. The normalized spacial score (nSPS) is 17.8. The second-order valence-electron chi connectivity index (χ2n) is 8.81. The van der Waals surface area contributed by atoms with Crippen molar-refractivity contribution in [1.82, 2.24) is 14.4 Å². The van der Waals surface area contributed by atoms with Crippen molar-refractivity contribution in [2.24, 2.45) is 5.92 Å². The van der Waals surface area contributed by atoms with E-state index in [4.69, 9.17) is 11.6 Å². The highest BCUT2D eigenvalue weighted by atomic mass is 35.5. The number of fused-ring (bicyclic) bond motifs is 2. The number of hydrogen-bond donors (Lipinski definition) is 0. The van der Waals surface area contributed by atoms with Crippen molar-refractivity contribution in [3.8, 4) is 0 Å². The highest BCUT2D eigenvalue weighted by Crippen LogP contribution is 2.43. The summed E-state index contributed by atoms with van der Waals surface area (Å²) < 4.78 is 2.18. The van der Waals surface area contributed by atoms with E-state index >= 15 is 0 Å². The number of nitrogens with zero attached hydrogens (tertiary/aromatic N) is 4. The van der Waals surface area contributed by atoms with Crippen LogP contribution < -0.4 is 4.90 Å². The second-order valence-corrected chi connectivity index (χ2v) is 9.22. The minimum atomic E-state index is 0.719. The van der Waals surface area contributed by atoms with Crippen molar-refractivity contribution < 1.29 is 0 Å². The number of pyridine rings is 2. The van der Waals surface area contributed by atoms with Gasteiger partial charge in [0.25, 0.3) is 0 Å². The third-order valence-electron chi connectivity index (χ3n) is 6.90. The Morgan fingerprint density at radius 1 is 1.03 bits per heavy atom. The summed E-state index contributed by atoms with van der Waals surface area (Å²) >= 11 is 6.38. The smallest absolute Gasteiger partial charge is 0.0992 e. The molecule has 1 saturated heterocycles. The zero-order chi connectivity index (χ0) is 20.1. The topological polar surface area (TPSA) is 33.4 Å². The summed E-state index contributed by atoms with van der Waals surface area (Å²) in [6, 6.07) is 10.6. The number of aromatic nitrogens is 3. The molecule has 4 nitrogen and oxygen atoms in total. The van der Waals surface area contributed by atoms with E-state index in [0.29, 0.717) is 0 Å². The van der Waals surface area contributed by atoms with Gasteiger partial charge < -0.3 is 9.30 Å². The van der Waals surface area contributed by atoms with E-state index < -0.39 is 0 Å². The van der Waals surface area contributed by atoms with Gasteiger partial charge in [0.05, 0.1) is 28.6 Å². The minimum Gasteiger partial charge on any atom is -0.371 e. The number of anilines is 1. The summed E-state index contributed by atoms with van der Waals surface area (Å²) in [6.45, 7) is 2.16. The number of imidazole rings is 1. The third kappa shape index (κ3) is 3.14. The van der Waals surface area contributed by atoms with Crippen LogP contribution in [0.1, 0.15) is 42.7 Å². The van der Waals surface area contributed by atoms with E-state index in [9.17, 15) is 0 Å². The molecule has 1 aliphatic heterocycles. The van der Waals surface area contributed by atoms with E-state index in [-0.39, 0.29) is 0 Å². The van der Waals surface area contributed by atoms with Gasteiger partial charge in [-0.1, -0.05) is 11.6 Å². The molecule has 1 aliphatic carbocycles. The van der Waals surface area contributed by atoms with Crippen LogP contribution in [0.4, 0.5) is 5.69 Å². The highest BCUT2D eigenvalue weighted by molar-refractivity contribution is 6.35. The van der Waals surface area contributed by atoms with Gasteiger partial charge in [0.1, 0.15) is 0 Å². The average molecular weight is 417 g/mol. The molecule has 152 valence electrons. The quantitative estimate of drug-likeness (QED) is 0.417. The number of rotatable bonds is 4. The molecule has 4 heterocycles. The first-order valence-electron chi connectivity index (χ1n) is 11.0. The summed E-state index contributed by atoms with van der Waals surface area (Å²) in [5.74, 6) is 1.49. The number of benzene rings is 1. The highest BCUT2D eigenvalue weighted by Gasteiger charge is 2.29. The molecule has 5 heteroatoms. The first kappa shape index (κ1) is 18.2. The average Bonchev–Trinajstić information content (AvgIpc) is 3.51. The predicted octanol–water partition coefficient (Wildman–Crippen LogP) is 5.87. The summed E-state index contributed by atoms with van der Waals surface area (Å²) in [5, 5.41) is 1.88. The maximum Gasteiger partial charge on any atom is 0.0992 e. The molecular formula is C25H25ClN4. The number of halogens is 1. The van der Waals surface area contributed by atoms with Crippen LogP contribution in [0.15, 0.2) is 55.2 Å². The fourth-order valence-corrected chi connectivity index (χ4v) is 5.34. The van der Waals surface area contributed by atoms with Gasteiger partial charge in [-0.2, -0.15) is 0 Å². The van der Waals surface area contributed by atoms with Crippen molar-refractivity contribution in [2.45, 2.75) is 38.0 Å². The minimum absolute atomic E-state index is 0.719. The molecule has 3 aromatic heterocycles. The maximum atomic E-state index is 6.38. The van der Waals surface area contributed by atoms with Gasteiger partial charge in [-0.05, 0) is 85.4 Å². The Hall–Kier alpha value is -2.59. The monoisotopic (exact) mass is 416 g/mol. The third-order valence-corrected chi connectivity index (χ3v) is 7.21. The van der Waals surface area contributed by atoms with Gasteiger partial charge in [-0.25, -0.2) is 4.98 Å². The fourth-order valence-electron chi connectivity index (χ4n) is 5.13. The molecule has 0 bridgehead atoms. The molecule has 0 N–H and O–H groups in total. The zero-order valence-electron chi connectivity index (χ0n) is 17.0. The summed E-state index contributed by atoms with van der Waals surface area (Å²) in [4.78, 5) is 11.4. The first-order valence-corrected chi connectivity index (χ1v) is 11.4. The molecule has 30 heavy (non-hydrogen) atoms. The molecule has 0 spiro atoms. The van der Waals surface area contributed by atoms with Crippen LogP contribution in [-0.4, -0.2) is 27.5 Å². The Morgan fingerprint density at radius 2 is 1.90 bits per heavy atom. The molecule has 0 amide bonds. The van der Waals surface area contributed by atoms with Crippen LogP contribution in [0.25, 0.3) is 16.4 Å². The molecule has 2 aliphatic rings. The van der Waals surface area contributed by atoms with E-state index in [0.717, 1.165) is 40.9 Å². The van der Waals surface area contributed by atoms with Crippen molar-refractivity contribution in [2.75, 3.05) is 18.0 Å².